The second-order valence-corrected chi connectivity index (χ2v) is 6.29. The number of nitrogen functional groups attached to an aromatic ring is 1. The van der Waals surface area contributed by atoms with Crippen LogP contribution in [0.25, 0.3) is 0 Å². The topological polar surface area (TPSA) is 88.8 Å². The normalized spacial score (nSPS) is 16.9. The maximum absolute atomic E-state index is 6.32. The molecule has 3 heterocycles. The third-order valence-electron chi connectivity index (χ3n) is 4.56. The van der Waals surface area contributed by atoms with Crippen molar-refractivity contribution in [3.63, 3.8) is 0 Å². The van der Waals surface area contributed by atoms with E-state index in [0.717, 1.165) is 49.1 Å². The molecule has 4 rings (SSSR count). The molecule has 2 aromatic rings. The van der Waals surface area contributed by atoms with Crippen molar-refractivity contribution < 1.29 is 9.47 Å². The van der Waals surface area contributed by atoms with Crippen molar-refractivity contribution in [2.45, 2.75) is 6.54 Å². The first kappa shape index (κ1) is 15.8. The van der Waals surface area contributed by atoms with E-state index < -0.39 is 0 Å². The molecule has 0 unspecified atom stereocenters. The fourth-order valence-electron chi connectivity index (χ4n) is 3.03. The average molecular weight is 342 g/mol. The predicted molar refractivity (Wildman–Crippen MR) is 96.0 cm³/mol. The zero-order valence-corrected chi connectivity index (χ0v) is 14.2. The Morgan fingerprint density at radius 2 is 1.92 bits per heavy atom. The summed E-state index contributed by atoms with van der Waals surface area (Å²) in [6, 6.07) is 5.88. The van der Waals surface area contributed by atoms with Crippen molar-refractivity contribution in [1.82, 2.24) is 14.9 Å². The average Bonchev–Trinajstić information content (AvgIpc) is 3.09. The number of fused-ring (bicyclic) bond motifs is 1. The van der Waals surface area contributed by atoms with Crippen LogP contribution in [0.5, 0.6) is 11.5 Å². The molecule has 1 aromatic heterocycles. The molecule has 8 heteroatoms. The first-order chi connectivity index (χ1) is 12.2. The highest BCUT2D eigenvalue weighted by atomic mass is 16.7. The van der Waals surface area contributed by atoms with Gasteiger partial charge in [0.05, 0.1) is 0 Å². The number of ether oxygens (including phenoxy) is 2. The Hall–Kier alpha value is -2.74. The SMILES string of the molecule is CN1CCN(c2ncnc(NCc3ccc4c(c3)OCO4)c2N)CC1. The van der Waals surface area contributed by atoms with Crippen molar-refractivity contribution >= 4 is 17.3 Å². The Bertz CT molecular complexity index is 761. The first-order valence-electron chi connectivity index (χ1n) is 8.37. The van der Waals surface area contributed by atoms with Gasteiger partial charge in [0.1, 0.15) is 12.0 Å². The summed E-state index contributed by atoms with van der Waals surface area (Å²) in [5.74, 6) is 3.01. The highest BCUT2D eigenvalue weighted by molar-refractivity contribution is 5.75. The number of nitrogens with one attached hydrogen (secondary N) is 1. The van der Waals surface area contributed by atoms with Crippen molar-refractivity contribution in [2.75, 3.05) is 56.0 Å². The van der Waals surface area contributed by atoms with Gasteiger partial charge in [-0.1, -0.05) is 6.07 Å². The molecule has 1 saturated heterocycles. The summed E-state index contributed by atoms with van der Waals surface area (Å²) >= 11 is 0. The van der Waals surface area contributed by atoms with E-state index in [9.17, 15) is 0 Å². The minimum Gasteiger partial charge on any atom is -0.454 e. The lowest BCUT2D eigenvalue weighted by molar-refractivity contribution is 0.174. The highest BCUT2D eigenvalue weighted by Gasteiger charge is 2.19. The molecule has 0 radical (unpaired) electrons. The Kier molecular flexibility index (Phi) is 4.19. The molecule has 0 amide bonds. The molecule has 2 aliphatic rings. The van der Waals surface area contributed by atoms with Crippen LogP contribution in [0.15, 0.2) is 24.5 Å². The molecule has 1 aromatic carbocycles. The van der Waals surface area contributed by atoms with E-state index in [2.05, 4.69) is 32.1 Å². The number of nitrogens with two attached hydrogens (primary N) is 1. The molecular formula is C17H22N6O2. The molecule has 25 heavy (non-hydrogen) atoms. The smallest absolute Gasteiger partial charge is 0.231 e. The molecule has 0 atom stereocenters. The predicted octanol–water partition coefficient (Wildman–Crippen LogP) is 1.15. The summed E-state index contributed by atoms with van der Waals surface area (Å²) in [5.41, 5.74) is 7.98. The van der Waals surface area contributed by atoms with Crippen molar-refractivity contribution in [1.29, 1.82) is 0 Å². The maximum atomic E-state index is 6.32. The minimum absolute atomic E-state index is 0.277. The summed E-state index contributed by atoms with van der Waals surface area (Å²) in [6.07, 6.45) is 1.56. The van der Waals surface area contributed by atoms with Gasteiger partial charge in [-0.3, -0.25) is 0 Å². The van der Waals surface area contributed by atoms with Crippen LogP contribution in [-0.2, 0) is 6.54 Å². The number of anilines is 3. The van der Waals surface area contributed by atoms with Gasteiger partial charge in [0, 0.05) is 32.7 Å². The number of piperazine rings is 1. The van der Waals surface area contributed by atoms with Crippen LogP contribution in [0.2, 0.25) is 0 Å². The van der Waals surface area contributed by atoms with Crippen LogP contribution < -0.4 is 25.4 Å². The Morgan fingerprint density at radius 1 is 1.12 bits per heavy atom. The molecule has 0 spiro atoms. The number of aromatic nitrogens is 2. The van der Waals surface area contributed by atoms with E-state index in [0.29, 0.717) is 18.1 Å². The third kappa shape index (κ3) is 3.25. The largest absolute Gasteiger partial charge is 0.454 e. The van der Waals surface area contributed by atoms with Gasteiger partial charge in [0.15, 0.2) is 23.1 Å². The highest BCUT2D eigenvalue weighted by Crippen LogP contribution is 2.33. The monoisotopic (exact) mass is 342 g/mol. The van der Waals surface area contributed by atoms with Crippen LogP contribution in [-0.4, -0.2) is 54.9 Å². The fourth-order valence-corrected chi connectivity index (χ4v) is 3.03. The quantitative estimate of drug-likeness (QED) is 0.855. The van der Waals surface area contributed by atoms with E-state index in [1.807, 2.05) is 18.2 Å². The lowest BCUT2D eigenvalue weighted by Crippen LogP contribution is -2.45. The van der Waals surface area contributed by atoms with Gasteiger partial charge in [0.25, 0.3) is 0 Å². The Morgan fingerprint density at radius 3 is 2.76 bits per heavy atom. The lowest BCUT2D eigenvalue weighted by Gasteiger charge is -2.33. The molecule has 0 saturated carbocycles. The van der Waals surface area contributed by atoms with Crippen LogP contribution in [0.4, 0.5) is 17.3 Å². The van der Waals surface area contributed by atoms with Crippen LogP contribution in [0.3, 0.4) is 0 Å². The fraction of sp³-hybridized carbons (Fsp3) is 0.412. The standard InChI is InChI=1S/C17H22N6O2/c1-22-4-6-23(7-5-22)17-15(18)16(20-10-21-17)19-9-12-2-3-13-14(8-12)25-11-24-13/h2-3,8,10H,4-7,9,11,18H2,1H3,(H,19,20,21). The van der Waals surface area contributed by atoms with Gasteiger partial charge in [0.2, 0.25) is 6.79 Å². The Labute approximate surface area is 146 Å². The summed E-state index contributed by atoms with van der Waals surface area (Å²) in [7, 11) is 2.12. The number of hydrogen-bond acceptors (Lipinski definition) is 8. The molecule has 8 nitrogen and oxygen atoms in total. The second-order valence-electron chi connectivity index (χ2n) is 6.29. The molecule has 1 fully saturated rings. The number of rotatable bonds is 4. The minimum atomic E-state index is 0.277. The number of likely N-dealkylation sites (N-methyl/N-ethyl adjacent to an activating group) is 1. The van der Waals surface area contributed by atoms with E-state index in [4.69, 9.17) is 15.2 Å². The van der Waals surface area contributed by atoms with Gasteiger partial charge in [-0.25, -0.2) is 9.97 Å². The lowest BCUT2D eigenvalue weighted by atomic mass is 10.2. The zero-order chi connectivity index (χ0) is 17.2. The summed E-state index contributed by atoms with van der Waals surface area (Å²) in [4.78, 5) is 13.2. The summed E-state index contributed by atoms with van der Waals surface area (Å²) in [5, 5.41) is 3.30. The summed E-state index contributed by atoms with van der Waals surface area (Å²) < 4.78 is 10.7. The number of benzene rings is 1. The van der Waals surface area contributed by atoms with E-state index in [-0.39, 0.29) is 6.79 Å². The van der Waals surface area contributed by atoms with Gasteiger partial charge in [-0.15, -0.1) is 0 Å². The van der Waals surface area contributed by atoms with Crippen LogP contribution in [0, 0.1) is 0 Å². The van der Waals surface area contributed by atoms with Crippen molar-refractivity contribution in [3.8, 4) is 11.5 Å². The zero-order valence-electron chi connectivity index (χ0n) is 14.2. The third-order valence-corrected chi connectivity index (χ3v) is 4.56. The summed E-state index contributed by atoms with van der Waals surface area (Å²) in [6.45, 7) is 4.71. The number of hydrogen-bond donors (Lipinski definition) is 2. The second kappa shape index (κ2) is 6.64. The Balaban J connectivity index is 1.46. The van der Waals surface area contributed by atoms with Crippen LogP contribution >= 0.6 is 0 Å². The van der Waals surface area contributed by atoms with Crippen molar-refractivity contribution in [2.24, 2.45) is 0 Å². The van der Waals surface area contributed by atoms with Crippen molar-refractivity contribution in [3.05, 3.63) is 30.1 Å². The number of nitrogens with zero attached hydrogens (tertiary/aromatic N) is 4. The van der Waals surface area contributed by atoms with Gasteiger partial charge < -0.3 is 30.3 Å². The molecular weight excluding hydrogens is 320 g/mol. The van der Waals surface area contributed by atoms with Gasteiger partial charge in [-0.05, 0) is 24.7 Å². The first-order valence-corrected chi connectivity index (χ1v) is 8.37. The molecule has 2 aliphatic heterocycles. The van der Waals surface area contributed by atoms with E-state index in [1.54, 1.807) is 6.33 Å². The van der Waals surface area contributed by atoms with Gasteiger partial charge in [-0.2, -0.15) is 0 Å². The molecule has 132 valence electrons. The molecule has 3 N–H and O–H groups in total. The maximum Gasteiger partial charge on any atom is 0.231 e. The molecule has 0 bridgehead atoms. The van der Waals surface area contributed by atoms with E-state index >= 15 is 0 Å². The molecule has 0 aliphatic carbocycles. The van der Waals surface area contributed by atoms with Gasteiger partial charge >= 0.3 is 0 Å². The van der Waals surface area contributed by atoms with Crippen LogP contribution in [0.1, 0.15) is 5.56 Å². The van der Waals surface area contributed by atoms with E-state index in [1.165, 1.54) is 0 Å².